The minimum Gasteiger partial charge on any atom is -0.284 e. The SMILES string of the molecule is Cc1ccc(S(=O)(=O)N(C)c2ccc(Cl)cc2C2=NCCc3ccccc32)cc1. The van der Waals surface area contributed by atoms with Crippen molar-refractivity contribution < 1.29 is 8.42 Å². The van der Waals surface area contributed by atoms with Gasteiger partial charge in [0.15, 0.2) is 0 Å². The number of aryl methyl sites for hydroxylation is 1. The van der Waals surface area contributed by atoms with Gasteiger partial charge in [-0.15, -0.1) is 0 Å². The highest BCUT2D eigenvalue weighted by Crippen LogP contribution is 2.32. The van der Waals surface area contributed by atoms with Gasteiger partial charge in [0.1, 0.15) is 0 Å². The molecule has 0 atom stereocenters. The van der Waals surface area contributed by atoms with E-state index in [9.17, 15) is 8.42 Å². The molecule has 4 rings (SSSR count). The van der Waals surface area contributed by atoms with Gasteiger partial charge in [-0.05, 0) is 49.2 Å². The second kappa shape index (κ2) is 7.65. The third-order valence-corrected chi connectivity index (χ3v) is 7.18. The zero-order valence-corrected chi connectivity index (χ0v) is 17.8. The number of hydrogen-bond donors (Lipinski definition) is 0. The van der Waals surface area contributed by atoms with Crippen LogP contribution in [0.5, 0.6) is 0 Å². The van der Waals surface area contributed by atoms with Crippen LogP contribution in [0, 0.1) is 6.92 Å². The van der Waals surface area contributed by atoms with E-state index in [-0.39, 0.29) is 4.90 Å². The molecule has 0 N–H and O–H groups in total. The Bertz CT molecular complexity index is 1200. The van der Waals surface area contributed by atoms with Gasteiger partial charge in [-0.2, -0.15) is 0 Å². The van der Waals surface area contributed by atoms with Crippen LogP contribution in [-0.4, -0.2) is 27.7 Å². The van der Waals surface area contributed by atoms with Crippen LogP contribution in [0.3, 0.4) is 0 Å². The van der Waals surface area contributed by atoms with Gasteiger partial charge in [0.05, 0.1) is 16.3 Å². The van der Waals surface area contributed by atoms with Crippen LogP contribution in [0.25, 0.3) is 0 Å². The Hall–Kier alpha value is -2.63. The minimum absolute atomic E-state index is 0.248. The Kier molecular flexibility index (Phi) is 5.19. The summed E-state index contributed by atoms with van der Waals surface area (Å²) in [5, 5.41) is 0.538. The van der Waals surface area contributed by atoms with Crippen molar-refractivity contribution in [2.24, 2.45) is 4.99 Å². The Morgan fingerprint density at radius 3 is 2.45 bits per heavy atom. The molecule has 1 aliphatic heterocycles. The Balaban J connectivity index is 1.84. The smallest absolute Gasteiger partial charge is 0.264 e. The van der Waals surface area contributed by atoms with Gasteiger partial charge < -0.3 is 0 Å². The summed E-state index contributed by atoms with van der Waals surface area (Å²) in [5.74, 6) is 0. The maximum absolute atomic E-state index is 13.3. The van der Waals surface area contributed by atoms with Crippen LogP contribution in [-0.2, 0) is 16.4 Å². The summed E-state index contributed by atoms with van der Waals surface area (Å²) >= 11 is 6.29. The van der Waals surface area contributed by atoms with E-state index < -0.39 is 10.0 Å². The first-order valence-electron chi connectivity index (χ1n) is 9.36. The predicted molar refractivity (Wildman–Crippen MR) is 119 cm³/mol. The summed E-state index contributed by atoms with van der Waals surface area (Å²) in [4.78, 5) is 4.98. The molecule has 29 heavy (non-hydrogen) atoms. The van der Waals surface area contributed by atoms with Gasteiger partial charge in [0.2, 0.25) is 0 Å². The fourth-order valence-electron chi connectivity index (χ4n) is 3.54. The van der Waals surface area contributed by atoms with Crippen LogP contribution in [0.4, 0.5) is 5.69 Å². The monoisotopic (exact) mass is 424 g/mol. The van der Waals surface area contributed by atoms with Crippen molar-refractivity contribution in [2.75, 3.05) is 17.9 Å². The van der Waals surface area contributed by atoms with E-state index in [1.165, 1.54) is 9.87 Å². The molecule has 0 fully saturated rings. The highest BCUT2D eigenvalue weighted by molar-refractivity contribution is 7.92. The molecule has 0 amide bonds. The molecule has 6 heteroatoms. The van der Waals surface area contributed by atoms with Crippen molar-refractivity contribution >= 4 is 33.0 Å². The molecule has 0 aliphatic carbocycles. The topological polar surface area (TPSA) is 49.7 Å². The predicted octanol–water partition coefficient (Wildman–Crippen LogP) is 4.87. The van der Waals surface area contributed by atoms with E-state index in [0.717, 1.165) is 23.3 Å². The second-order valence-electron chi connectivity index (χ2n) is 7.08. The first-order valence-corrected chi connectivity index (χ1v) is 11.2. The first-order chi connectivity index (χ1) is 13.9. The average molecular weight is 425 g/mol. The molecule has 0 spiro atoms. The number of anilines is 1. The largest absolute Gasteiger partial charge is 0.284 e. The Labute approximate surface area is 176 Å². The highest BCUT2D eigenvalue weighted by atomic mass is 35.5. The van der Waals surface area contributed by atoms with Gasteiger partial charge in [-0.25, -0.2) is 8.42 Å². The quantitative estimate of drug-likeness (QED) is 0.600. The summed E-state index contributed by atoms with van der Waals surface area (Å²) in [6.07, 6.45) is 0.868. The molecule has 0 saturated carbocycles. The maximum atomic E-state index is 13.3. The summed E-state index contributed by atoms with van der Waals surface area (Å²) in [6, 6.07) is 20.2. The van der Waals surface area contributed by atoms with Crippen LogP contribution >= 0.6 is 11.6 Å². The summed E-state index contributed by atoms with van der Waals surface area (Å²) < 4.78 is 27.8. The standard InChI is InChI=1S/C23H21ClN2O2S/c1-16-7-10-19(11-8-16)29(27,28)26(2)22-12-9-18(24)15-21(22)23-20-6-4-3-5-17(20)13-14-25-23/h3-12,15H,13-14H2,1-2H3. The summed E-state index contributed by atoms with van der Waals surface area (Å²) in [6.45, 7) is 2.59. The summed E-state index contributed by atoms with van der Waals surface area (Å²) in [7, 11) is -2.16. The normalized spacial score (nSPS) is 13.6. The third-order valence-electron chi connectivity index (χ3n) is 5.16. The second-order valence-corrected chi connectivity index (χ2v) is 9.49. The van der Waals surface area contributed by atoms with Gasteiger partial charge in [0, 0.05) is 29.7 Å². The molecular weight excluding hydrogens is 404 g/mol. The molecule has 0 radical (unpaired) electrons. The van der Waals surface area contributed by atoms with Crippen molar-refractivity contribution in [3.05, 3.63) is 94.0 Å². The molecule has 0 aromatic heterocycles. The van der Waals surface area contributed by atoms with Crippen LogP contribution < -0.4 is 4.31 Å². The van der Waals surface area contributed by atoms with E-state index in [1.807, 2.05) is 25.1 Å². The van der Waals surface area contributed by atoms with Crippen molar-refractivity contribution in [3.8, 4) is 0 Å². The van der Waals surface area contributed by atoms with Crippen LogP contribution in [0.1, 0.15) is 22.3 Å². The number of rotatable bonds is 4. The number of benzene rings is 3. The fraction of sp³-hybridized carbons (Fsp3) is 0.174. The number of halogens is 1. The molecule has 0 unspecified atom stereocenters. The van der Waals surface area contributed by atoms with Crippen molar-refractivity contribution in [1.29, 1.82) is 0 Å². The third kappa shape index (κ3) is 3.68. The number of fused-ring (bicyclic) bond motifs is 1. The number of nitrogens with zero attached hydrogens (tertiary/aromatic N) is 2. The summed E-state index contributed by atoms with van der Waals surface area (Å²) in [5.41, 5.74) is 5.26. The minimum atomic E-state index is -3.72. The van der Waals surface area contributed by atoms with Crippen LogP contribution in [0.2, 0.25) is 5.02 Å². The van der Waals surface area contributed by atoms with E-state index in [4.69, 9.17) is 16.6 Å². The van der Waals surface area contributed by atoms with E-state index in [2.05, 4.69) is 6.07 Å². The number of sulfonamides is 1. The molecule has 0 saturated heterocycles. The lowest BCUT2D eigenvalue weighted by atomic mass is 9.92. The van der Waals surface area contributed by atoms with Gasteiger partial charge in [-0.3, -0.25) is 9.30 Å². The highest BCUT2D eigenvalue weighted by Gasteiger charge is 2.26. The van der Waals surface area contributed by atoms with Crippen molar-refractivity contribution in [2.45, 2.75) is 18.2 Å². The molecule has 4 nitrogen and oxygen atoms in total. The van der Waals surface area contributed by atoms with E-state index in [1.54, 1.807) is 49.5 Å². The number of aliphatic imine (C=N–C) groups is 1. The molecule has 1 heterocycles. The molecule has 3 aromatic carbocycles. The lowest BCUT2D eigenvalue weighted by Crippen LogP contribution is -2.29. The molecule has 3 aromatic rings. The van der Waals surface area contributed by atoms with Crippen molar-refractivity contribution in [1.82, 2.24) is 0 Å². The average Bonchev–Trinajstić information content (AvgIpc) is 2.73. The Morgan fingerprint density at radius 2 is 1.69 bits per heavy atom. The molecule has 1 aliphatic rings. The van der Waals surface area contributed by atoms with Gasteiger partial charge in [0.25, 0.3) is 10.0 Å². The molecule has 0 bridgehead atoms. The maximum Gasteiger partial charge on any atom is 0.264 e. The fourth-order valence-corrected chi connectivity index (χ4v) is 4.93. The first kappa shape index (κ1) is 19.7. The van der Waals surface area contributed by atoms with E-state index in [0.29, 0.717) is 22.8 Å². The van der Waals surface area contributed by atoms with E-state index >= 15 is 0 Å². The Morgan fingerprint density at radius 1 is 0.966 bits per heavy atom. The lowest BCUT2D eigenvalue weighted by molar-refractivity contribution is 0.594. The lowest BCUT2D eigenvalue weighted by Gasteiger charge is -2.25. The van der Waals surface area contributed by atoms with Gasteiger partial charge in [-0.1, -0.05) is 53.6 Å². The number of hydrogen-bond acceptors (Lipinski definition) is 3. The van der Waals surface area contributed by atoms with Gasteiger partial charge >= 0.3 is 0 Å². The zero-order chi connectivity index (χ0) is 20.6. The van der Waals surface area contributed by atoms with Crippen LogP contribution in [0.15, 0.2) is 76.6 Å². The molecule has 148 valence electrons. The zero-order valence-electron chi connectivity index (χ0n) is 16.3. The molecular formula is C23H21ClN2O2S. The van der Waals surface area contributed by atoms with Crippen molar-refractivity contribution in [3.63, 3.8) is 0 Å².